The Morgan fingerprint density at radius 2 is 1.75 bits per heavy atom. The molecule has 1 aliphatic heterocycles. The first-order chi connectivity index (χ1) is 9.37. The molecule has 0 spiro atoms. The Bertz CT molecular complexity index is 588. The maximum Gasteiger partial charge on any atom is 0.245 e. The van der Waals surface area contributed by atoms with Crippen molar-refractivity contribution < 1.29 is 8.42 Å². The molecule has 0 atom stereocenters. The van der Waals surface area contributed by atoms with Crippen molar-refractivity contribution in [3.63, 3.8) is 0 Å². The summed E-state index contributed by atoms with van der Waals surface area (Å²) >= 11 is 0. The third kappa shape index (κ3) is 2.69. The van der Waals surface area contributed by atoms with Gasteiger partial charge in [-0.1, -0.05) is 25.5 Å². The molecule has 5 heteroatoms. The molecule has 0 aromatic heterocycles. The Morgan fingerprint density at radius 1 is 1.20 bits per heavy atom. The van der Waals surface area contributed by atoms with Gasteiger partial charge in [0.2, 0.25) is 10.0 Å². The maximum absolute atomic E-state index is 12.8. The summed E-state index contributed by atoms with van der Waals surface area (Å²) in [5, 5.41) is 0. The van der Waals surface area contributed by atoms with Gasteiger partial charge in [-0.2, -0.15) is 4.31 Å². The van der Waals surface area contributed by atoms with Crippen LogP contribution < -0.4 is 5.73 Å². The average molecular weight is 296 g/mol. The van der Waals surface area contributed by atoms with Crippen LogP contribution in [0.25, 0.3) is 0 Å². The number of benzene rings is 1. The molecule has 0 bridgehead atoms. The van der Waals surface area contributed by atoms with Crippen molar-refractivity contribution in [3.8, 4) is 0 Å². The standard InChI is InChI=1S/C15H24N2O2S/c1-4-13-7-9-17(10-8-13)20(18,19)15-12(3)6-5-11(2)14(15)16/h5-6,13H,4,7-10,16H2,1-3H3. The molecule has 1 fully saturated rings. The summed E-state index contributed by atoms with van der Waals surface area (Å²) in [6.07, 6.45) is 3.01. The highest BCUT2D eigenvalue weighted by atomic mass is 32.2. The number of hydrogen-bond donors (Lipinski definition) is 1. The van der Waals surface area contributed by atoms with E-state index in [0.717, 1.165) is 30.4 Å². The van der Waals surface area contributed by atoms with Crippen LogP contribution in [0.15, 0.2) is 17.0 Å². The molecule has 1 aromatic carbocycles. The SMILES string of the molecule is CCC1CCN(S(=O)(=O)c2c(C)ccc(C)c2N)CC1. The first-order valence-electron chi connectivity index (χ1n) is 7.23. The van der Waals surface area contributed by atoms with Crippen molar-refractivity contribution in [2.24, 2.45) is 5.92 Å². The average Bonchev–Trinajstić information content (AvgIpc) is 2.43. The van der Waals surface area contributed by atoms with E-state index in [2.05, 4.69) is 6.92 Å². The fraction of sp³-hybridized carbons (Fsp3) is 0.600. The van der Waals surface area contributed by atoms with Crippen LogP contribution in [0.4, 0.5) is 5.69 Å². The molecule has 1 aliphatic rings. The van der Waals surface area contributed by atoms with Crippen LogP contribution in [0.3, 0.4) is 0 Å². The van der Waals surface area contributed by atoms with Crippen LogP contribution in [0.5, 0.6) is 0 Å². The van der Waals surface area contributed by atoms with Crippen LogP contribution in [0.2, 0.25) is 0 Å². The molecule has 112 valence electrons. The van der Waals surface area contributed by atoms with Gasteiger partial charge in [0.1, 0.15) is 4.90 Å². The van der Waals surface area contributed by atoms with Gasteiger partial charge in [-0.3, -0.25) is 0 Å². The van der Waals surface area contributed by atoms with Gasteiger partial charge in [-0.25, -0.2) is 8.42 Å². The van der Waals surface area contributed by atoms with Gasteiger partial charge in [-0.05, 0) is 43.7 Å². The van der Waals surface area contributed by atoms with Gasteiger partial charge in [0.25, 0.3) is 0 Å². The van der Waals surface area contributed by atoms with Crippen LogP contribution >= 0.6 is 0 Å². The van der Waals surface area contributed by atoms with Crippen LogP contribution in [-0.2, 0) is 10.0 Å². The van der Waals surface area contributed by atoms with Gasteiger partial charge in [0.15, 0.2) is 0 Å². The highest BCUT2D eigenvalue weighted by molar-refractivity contribution is 7.89. The first-order valence-corrected chi connectivity index (χ1v) is 8.67. The fourth-order valence-corrected chi connectivity index (χ4v) is 4.70. The molecule has 1 heterocycles. The van der Waals surface area contributed by atoms with E-state index in [9.17, 15) is 8.42 Å². The van der Waals surface area contributed by atoms with Gasteiger partial charge < -0.3 is 5.73 Å². The number of piperidine rings is 1. The molecule has 0 unspecified atom stereocenters. The van der Waals surface area contributed by atoms with Gasteiger partial charge in [0, 0.05) is 13.1 Å². The number of nitrogens with two attached hydrogens (primary N) is 1. The summed E-state index contributed by atoms with van der Waals surface area (Å²) < 4.78 is 27.2. The molecule has 0 amide bonds. The Hall–Kier alpha value is -1.07. The monoisotopic (exact) mass is 296 g/mol. The third-order valence-corrected chi connectivity index (χ3v) is 6.46. The number of sulfonamides is 1. The number of aryl methyl sites for hydroxylation is 2. The first kappa shape index (κ1) is 15.3. The Labute approximate surface area is 122 Å². The maximum atomic E-state index is 12.8. The van der Waals surface area contributed by atoms with E-state index in [4.69, 9.17) is 5.73 Å². The second-order valence-corrected chi connectivity index (χ2v) is 7.57. The van der Waals surface area contributed by atoms with Crippen molar-refractivity contribution in [1.29, 1.82) is 0 Å². The predicted molar refractivity (Wildman–Crippen MR) is 82.1 cm³/mol. The molecule has 2 N–H and O–H groups in total. The quantitative estimate of drug-likeness (QED) is 0.872. The minimum absolute atomic E-state index is 0.299. The van der Waals surface area contributed by atoms with E-state index in [1.54, 1.807) is 4.31 Å². The topological polar surface area (TPSA) is 63.4 Å². The number of nitrogens with zero attached hydrogens (tertiary/aromatic N) is 1. The van der Waals surface area contributed by atoms with Gasteiger partial charge in [-0.15, -0.1) is 0 Å². The highest BCUT2D eigenvalue weighted by Crippen LogP contribution is 2.31. The fourth-order valence-electron chi connectivity index (χ4n) is 2.84. The van der Waals surface area contributed by atoms with Crippen LogP contribution in [0.1, 0.15) is 37.3 Å². The van der Waals surface area contributed by atoms with Crippen molar-refractivity contribution in [2.75, 3.05) is 18.8 Å². The van der Waals surface area contributed by atoms with E-state index in [-0.39, 0.29) is 0 Å². The van der Waals surface area contributed by atoms with Crippen LogP contribution in [0, 0.1) is 19.8 Å². The highest BCUT2D eigenvalue weighted by Gasteiger charge is 2.31. The summed E-state index contributed by atoms with van der Waals surface area (Å²) in [7, 11) is -3.47. The Kier molecular flexibility index (Phi) is 4.39. The van der Waals surface area contributed by atoms with Crippen molar-refractivity contribution >= 4 is 15.7 Å². The van der Waals surface area contributed by atoms with Crippen molar-refractivity contribution in [2.45, 2.75) is 44.9 Å². The normalized spacial score (nSPS) is 18.4. The molecular formula is C15H24N2O2S. The second kappa shape index (κ2) is 5.74. The summed E-state index contributed by atoms with van der Waals surface area (Å²) in [4.78, 5) is 0.299. The van der Waals surface area contributed by atoms with Gasteiger partial charge in [0.05, 0.1) is 5.69 Å². The van der Waals surface area contributed by atoms with Crippen molar-refractivity contribution in [1.82, 2.24) is 4.31 Å². The van der Waals surface area contributed by atoms with E-state index in [1.807, 2.05) is 26.0 Å². The zero-order valence-corrected chi connectivity index (χ0v) is 13.3. The van der Waals surface area contributed by atoms with E-state index in [1.165, 1.54) is 0 Å². The molecule has 2 rings (SSSR count). The molecule has 4 nitrogen and oxygen atoms in total. The Morgan fingerprint density at radius 3 is 2.30 bits per heavy atom. The van der Waals surface area contributed by atoms with E-state index in [0.29, 0.717) is 29.6 Å². The summed E-state index contributed by atoms with van der Waals surface area (Å²) in [6.45, 7) is 7.03. The molecular weight excluding hydrogens is 272 g/mol. The smallest absolute Gasteiger partial charge is 0.245 e. The lowest BCUT2D eigenvalue weighted by molar-refractivity contribution is 0.269. The molecule has 0 aliphatic carbocycles. The number of nitrogen functional groups attached to an aromatic ring is 1. The molecule has 0 saturated carbocycles. The van der Waals surface area contributed by atoms with Crippen molar-refractivity contribution in [3.05, 3.63) is 23.3 Å². The molecule has 0 radical (unpaired) electrons. The third-order valence-electron chi connectivity index (χ3n) is 4.36. The molecule has 1 aromatic rings. The molecule has 1 saturated heterocycles. The molecule has 20 heavy (non-hydrogen) atoms. The van der Waals surface area contributed by atoms with Gasteiger partial charge >= 0.3 is 0 Å². The van der Waals surface area contributed by atoms with E-state index < -0.39 is 10.0 Å². The zero-order valence-electron chi connectivity index (χ0n) is 12.5. The Balaban J connectivity index is 2.35. The summed E-state index contributed by atoms with van der Waals surface area (Å²) in [6, 6.07) is 3.70. The lowest BCUT2D eigenvalue weighted by atomic mass is 9.96. The van der Waals surface area contributed by atoms with Crippen LogP contribution in [-0.4, -0.2) is 25.8 Å². The number of hydrogen-bond acceptors (Lipinski definition) is 3. The second-order valence-electron chi connectivity index (χ2n) is 5.70. The number of anilines is 1. The van der Waals surface area contributed by atoms with E-state index >= 15 is 0 Å². The number of rotatable bonds is 3. The predicted octanol–water partition coefficient (Wildman–Crippen LogP) is 2.70. The lowest BCUT2D eigenvalue weighted by Crippen LogP contribution is -2.39. The largest absolute Gasteiger partial charge is 0.397 e. The minimum Gasteiger partial charge on any atom is -0.397 e. The summed E-state index contributed by atoms with van der Waals surface area (Å²) in [5.74, 6) is 0.650. The zero-order chi connectivity index (χ0) is 14.9. The lowest BCUT2D eigenvalue weighted by Gasteiger charge is -2.31. The minimum atomic E-state index is -3.47. The summed E-state index contributed by atoms with van der Waals surface area (Å²) in [5.41, 5.74) is 7.96.